The Morgan fingerprint density at radius 2 is 2.14 bits per heavy atom. The fourth-order valence-corrected chi connectivity index (χ4v) is 2.74. The second kappa shape index (κ2) is 6.05. The molecule has 2 aromatic rings. The van der Waals surface area contributed by atoms with Crippen molar-refractivity contribution in [3.8, 4) is 0 Å². The van der Waals surface area contributed by atoms with Crippen LogP contribution in [-0.4, -0.2) is 45.4 Å². The molecule has 6 nitrogen and oxygen atoms in total. The molecule has 0 saturated carbocycles. The lowest BCUT2D eigenvalue weighted by Gasteiger charge is -2.15. The van der Waals surface area contributed by atoms with Gasteiger partial charge in [-0.25, -0.2) is 0 Å². The molecule has 0 bridgehead atoms. The van der Waals surface area contributed by atoms with E-state index in [2.05, 4.69) is 22.4 Å². The fraction of sp³-hybridized carbons (Fsp3) is 0.400. The first-order valence-electron chi connectivity index (χ1n) is 7.22. The third kappa shape index (κ3) is 2.95. The number of amides is 1. The normalized spacial score (nSPS) is 18.1. The van der Waals surface area contributed by atoms with Crippen molar-refractivity contribution in [1.82, 2.24) is 19.9 Å². The maximum atomic E-state index is 12.4. The number of carbonyl (C=O) groups excluding carboxylic acids is 1. The van der Waals surface area contributed by atoms with E-state index in [1.807, 2.05) is 23.1 Å². The lowest BCUT2D eigenvalue weighted by molar-refractivity contribution is 0.0785. The number of nitrogens with two attached hydrogens (primary N) is 1. The summed E-state index contributed by atoms with van der Waals surface area (Å²) >= 11 is 0. The Hall–Kier alpha value is -2.21. The topological polar surface area (TPSA) is 77.0 Å². The van der Waals surface area contributed by atoms with E-state index in [4.69, 9.17) is 5.73 Å². The van der Waals surface area contributed by atoms with Crippen LogP contribution in [0.1, 0.15) is 28.4 Å². The molecule has 0 radical (unpaired) electrons. The molecule has 1 aromatic carbocycles. The number of aromatic nitrogens is 3. The van der Waals surface area contributed by atoms with Gasteiger partial charge in [-0.05, 0) is 12.0 Å². The summed E-state index contributed by atoms with van der Waals surface area (Å²) in [6.45, 7) is 2.57. The molecule has 2 heterocycles. The van der Waals surface area contributed by atoms with Gasteiger partial charge >= 0.3 is 0 Å². The average Bonchev–Trinajstić information content (AvgIpc) is 3.17. The summed E-state index contributed by atoms with van der Waals surface area (Å²) in [6.07, 6.45) is 2.66. The van der Waals surface area contributed by atoms with Crippen LogP contribution in [0, 0.1) is 0 Å². The predicted molar refractivity (Wildman–Crippen MR) is 78.8 cm³/mol. The third-order valence-electron chi connectivity index (χ3n) is 3.86. The number of benzene rings is 1. The van der Waals surface area contributed by atoms with Crippen molar-refractivity contribution in [1.29, 1.82) is 0 Å². The molecule has 21 heavy (non-hydrogen) atoms. The van der Waals surface area contributed by atoms with Crippen molar-refractivity contribution in [2.75, 3.05) is 19.6 Å². The van der Waals surface area contributed by atoms with Crippen molar-refractivity contribution in [2.45, 2.75) is 18.9 Å². The van der Waals surface area contributed by atoms with E-state index in [9.17, 15) is 4.79 Å². The summed E-state index contributed by atoms with van der Waals surface area (Å²) in [5, 5.41) is 7.86. The largest absolute Gasteiger partial charge is 0.337 e. The Kier molecular flexibility index (Phi) is 3.96. The highest BCUT2D eigenvalue weighted by atomic mass is 16.2. The highest BCUT2D eigenvalue weighted by molar-refractivity contribution is 5.92. The van der Waals surface area contributed by atoms with Gasteiger partial charge in [-0.2, -0.15) is 0 Å². The Morgan fingerprint density at radius 3 is 2.90 bits per heavy atom. The molecule has 1 aliphatic heterocycles. The molecule has 2 N–H and O–H groups in total. The molecule has 1 aliphatic rings. The van der Waals surface area contributed by atoms with E-state index in [-0.39, 0.29) is 5.91 Å². The van der Waals surface area contributed by atoms with Crippen molar-refractivity contribution < 1.29 is 4.79 Å². The molecule has 1 amide bonds. The molecular weight excluding hydrogens is 266 g/mol. The lowest BCUT2D eigenvalue weighted by Crippen LogP contribution is -2.28. The van der Waals surface area contributed by atoms with Crippen LogP contribution in [0.4, 0.5) is 0 Å². The van der Waals surface area contributed by atoms with Gasteiger partial charge in [0.05, 0.1) is 12.7 Å². The summed E-state index contributed by atoms with van der Waals surface area (Å²) < 4.78 is 1.61. The molecular formula is C15H19N5O. The SMILES string of the molecule is NCCn1cc(C(=O)N2CCC(c3ccccc3)C2)nn1. The number of likely N-dealkylation sites (tertiary alicyclic amines) is 1. The first-order chi connectivity index (χ1) is 10.3. The minimum atomic E-state index is -0.0447. The Morgan fingerprint density at radius 1 is 1.33 bits per heavy atom. The molecule has 1 saturated heterocycles. The van der Waals surface area contributed by atoms with Crippen molar-refractivity contribution in [3.63, 3.8) is 0 Å². The maximum Gasteiger partial charge on any atom is 0.276 e. The van der Waals surface area contributed by atoms with Crippen LogP contribution in [0.2, 0.25) is 0 Å². The van der Waals surface area contributed by atoms with Crippen LogP contribution in [0.3, 0.4) is 0 Å². The summed E-state index contributed by atoms with van der Waals surface area (Å²) in [5.74, 6) is 0.367. The molecule has 0 spiro atoms. The van der Waals surface area contributed by atoms with Gasteiger partial charge in [-0.3, -0.25) is 9.48 Å². The Bertz CT molecular complexity index is 610. The van der Waals surface area contributed by atoms with E-state index in [1.165, 1.54) is 5.56 Å². The zero-order chi connectivity index (χ0) is 14.7. The van der Waals surface area contributed by atoms with Crippen molar-refractivity contribution in [3.05, 3.63) is 47.8 Å². The summed E-state index contributed by atoms with van der Waals surface area (Å²) in [7, 11) is 0. The minimum Gasteiger partial charge on any atom is -0.337 e. The van der Waals surface area contributed by atoms with E-state index < -0.39 is 0 Å². The first kappa shape index (κ1) is 13.8. The summed E-state index contributed by atoms with van der Waals surface area (Å²) in [6, 6.07) is 10.3. The standard InChI is InChI=1S/C15H19N5O/c16-7-9-20-11-14(17-18-20)15(21)19-8-6-13(10-19)12-4-2-1-3-5-12/h1-5,11,13H,6-10,16H2. The molecule has 110 valence electrons. The van der Waals surface area contributed by atoms with Gasteiger partial charge in [0.2, 0.25) is 0 Å². The zero-order valence-corrected chi connectivity index (χ0v) is 11.9. The van der Waals surface area contributed by atoms with E-state index in [0.717, 1.165) is 19.5 Å². The zero-order valence-electron chi connectivity index (χ0n) is 11.9. The third-order valence-corrected chi connectivity index (χ3v) is 3.86. The smallest absolute Gasteiger partial charge is 0.276 e. The van der Waals surface area contributed by atoms with Crippen LogP contribution in [0.25, 0.3) is 0 Å². The van der Waals surface area contributed by atoms with Crippen LogP contribution >= 0.6 is 0 Å². The minimum absolute atomic E-state index is 0.0447. The Balaban J connectivity index is 1.66. The Labute approximate surface area is 123 Å². The maximum absolute atomic E-state index is 12.4. The predicted octanol–water partition coefficient (Wildman–Crippen LogP) is 0.866. The van der Waals surface area contributed by atoms with Gasteiger partial charge in [0.1, 0.15) is 0 Å². The monoisotopic (exact) mass is 285 g/mol. The molecule has 1 unspecified atom stereocenters. The first-order valence-corrected chi connectivity index (χ1v) is 7.22. The molecule has 0 aliphatic carbocycles. The highest BCUT2D eigenvalue weighted by Gasteiger charge is 2.29. The van der Waals surface area contributed by atoms with Gasteiger partial charge in [-0.1, -0.05) is 35.5 Å². The number of hydrogen-bond donors (Lipinski definition) is 1. The average molecular weight is 285 g/mol. The van der Waals surface area contributed by atoms with E-state index >= 15 is 0 Å². The summed E-state index contributed by atoms with van der Waals surface area (Å²) in [4.78, 5) is 14.3. The lowest BCUT2D eigenvalue weighted by atomic mass is 9.99. The van der Waals surface area contributed by atoms with Gasteiger partial charge in [0, 0.05) is 25.6 Å². The molecule has 1 aromatic heterocycles. The van der Waals surface area contributed by atoms with Gasteiger partial charge in [-0.15, -0.1) is 5.10 Å². The molecule has 1 fully saturated rings. The second-order valence-electron chi connectivity index (χ2n) is 5.30. The van der Waals surface area contributed by atoms with Crippen LogP contribution in [0.15, 0.2) is 36.5 Å². The fourth-order valence-electron chi connectivity index (χ4n) is 2.74. The number of nitrogens with zero attached hydrogens (tertiary/aromatic N) is 4. The number of carbonyl (C=O) groups is 1. The number of hydrogen-bond acceptors (Lipinski definition) is 4. The van der Waals surface area contributed by atoms with Gasteiger partial charge in [0.15, 0.2) is 5.69 Å². The van der Waals surface area contributed by atoms with Crippen LogP contribution < -0.4 is 5.73 Å². The second-order valence-corrected chi connectivity index (χ2v) is 5.30. The van der Waals surface area contributed by atoms with Gasteiger partial charge in [0.25, 0.3) is 5.91 Å². The quantitative estimate of drug-likeness (QED) is 0.904. The molecule has 6 heteroatoms. The molecule has 1 atom stereocenters. The van der Waals surface area contributed by atoms with Crippen LogP contribution in [0.5, 0.6) is 0 Å². The van der Waals surface area contributed by atoms with Gasteiger partial charge < -0.3 is 10.6 Å². The molecule has 3 rings (SSSR count). The van der Waals surface area contributed by atoms with Crippen molar-refractivity contribution >= 4 is 5.91 Å². The van der Waals surface area contributed by atoms with E-state index in [0.29, 0.717) is 24.7 Å². The summed E-state index contributed by atoms with van der Waals surface area (Å²) in [5.41, 5.74) is 7.16. The van der Waals surface area contributed by atoms with Crippen LogP contribution in [-0.2, 0) is 6.54 Å². The van der Waals surface area contributed by atoms with E-state index in [1.54, 1.807) is 10.9 Å². The number of rotatable bonds is 4. The highest BCUT2D eigenvalue weighted by Crippen LogP contribution is 2.27. The van der Waals surface area contributed by atoms with Crippen molar-refractivity contribution in [2.24, 2.45) is 5.73 Å².